The highest BCUT2D eigenvalue weighted by Crippen LogP contribution is 2.32. The lowest BCUT2D eigenvalue weighted by Gasteiger charge is -2.40. The summed E-state index contributed by atoms with van der Waals surface area (Å²) < 4.78 is 41.7. The Morgan fingerprint density at radius 1 is 1.33 bits per heavy atom. The molecule has 0 aromatic rings. The molecule has 1 aliphatic heterocycles. The summed E-state index contributed by atoms with van der Waals surface area (Å²) in [5.41, 5.74) is -4.19. The Kier molecular flexibility index (Phi) is 6.27. The molecule has 1 heterocycles. The van der Waals surface area contributed by atoms with Crippen LogP contribution in [0.1, 0.15) is 39.5 Å². The van der Waals surface area contributed by atoms with Gasteiger partial charge in [0.1, 0.15) is 0 Å². The first-order chi connectivity index (χ1) is 8.41. The van der Waals surface area contributed by atoms with E-state index in [-0.39, 0.29) is 29.2 Å². The fraction of sp³-hybridized carbons (Fsp3) is 1.00. The summed E-state index contributed by atoms with van der Waals surface area (Å²) in [6, 6.07) is 0.285. The van der Waals surface area contributed by atoms with Crippen LogP contribution in [0.3, 0.4) is 0 Å². The van der Waals surface area contributed by atoms with Crippen LogP contribution in [-0.2, 0) is 4.74 Å². The first-order valence-electron chi connectivity index (χ1n) is 6.49. The van der Waals surface area contributed by atoms with E-state index in [9.17, 15) is 13.2 Å². The van der Waals surface area contributed by atoms with Gasteiger partial charge in [0.05, 0.1) is 5.60 Å². The number of alkyl halides is 3. The van der Waals surface area contributed by atoms with Gasteiger partial charge in [-0.2, -0.15) is 13.2 Å². The maximum Gasteiger partial charge on any atom is 0.441 e. The second-order valence-corrected chi connectivity index (χ2v) is 5.84. The van der Waals surface area contributed by atoms with E-state index in [0.29, 0.717) is 13.2 Å². The van der Waals surface area contributed by atoms with Gasteiger partial charge in [-0.25, -0.2) is 0 Å². The molecule has 1 unspecified atom stereocenters. The van der Waals surface area contributed by atoms with Crippen molar-refractivity contribution >= 4 is 11.8 Å². The van der Waals surface area contributed by atoms with E-state index < -0.39 is 5.51 Å². The normalized spacial score (nSPS) is 24.2. The van der Waals surface area contributed by atoms with Crippen LogP contribution in [-0.4, -0.2) is 36.1 Å². The Morgan fingerprint density at radius 2 is 2.00 bits per heavy atom. The van der Waals surface area contributed by atoms with Crippen molar-refractivity contribution in [2.45, 2.75) is 56.7 Å². The largest absolute Gasteiger partial charge is 0.441 e. The Morgan fingerprint density at radius 3 is 2.56 bits per heavy atom. The summed E-state index contributed by atoms with van der Waals surface area (Å²) >= 11 is 0.0398. The van der Waals surface area contributed by atoms with Crippen LogP contribution >= 0.6 is 11.8 Å². The molecule has 0 amide bonds. The highest BCUT2D eigenvalue weighted by molar-refractivity contribution is 8.00. The van der Waals surface area contributed by atoms with Gasteiger partial charge in [-0.15, -0.1) is 0 Å². The first-order valence-corrected chi connectivity index (χ1v) is 7.47. The molecule has 1 N–H and O–H groups in total. The fourth-order valence-corrected chi connectivity index (χ4v) is 2.83. The zero-order valence-corrected chi connectivity index (χ0v) is 11.8. The number of hydrogen-bond donors (Lipinski definition) is 1. The van der Waals surface area contributed by atoms with Crippen molar-refractivity contribution in [1.82, 2.24) is 5.32 Å². The monoisotopic (exact) mass is 285 g/mol. The zero-order chi connectivity index (χ0) is 13.6. The number of thioether (sulfide) groups is 1. The van der Waals surface area contributed by atoms with Crippen molar-refractivity contribution in [2.75, 3.05) is 18.9 Å². The number of halogens is 3. The molecule has 1 saturated heterocycles. The molecule has 108 valence electrons. The minimum absolute atomic E-state index is 0.0398. The molecule has 0 aromatic heterocycles. The van der Waals surface area contributed by atoms with Gasteiger partial charge >= 0.3 is 5.51 Å². The highest BCUT2D eigenvalue weighted by atomic mass is 32.2. The molecule has 6 heteroatoms. The Hall–Kier alpha value is 0.0600. The summed E-state index contributed by atoms with van der Waals surface area (Å²) in [7, 11) is 0. The average Bonchev–Trinajstić information content (AvgIpc) is 2.34. The predicted octanol–water partition coefficient (Wildman–Crippen LogP) is 3.57. The number of nitrogens with one attached hydrogen (secondary N) is 1. The SMILES string of the molecule is CCC1(CC)CC(NCCSC(F)(F)F)CCO1. The molecule has 18 heavy (non-hydrogen) atoms. The van der Waals surface area contributed by atoms with Gasteiger partial charge in [0.2, 0.25) is 0 Å². The first kappa shape index (κ1) is 16.1. The summed E-state index contributed by atoms with van der Waals surface area (Å²) in [6.45, 7) is 5.31. The van der Waals surface area contributed by atoms with Crippen molar-refractivity contribution in [3.05, 3.63) is 0 Å². The summed E-state index contributed by atoms with van der Waals surface area (Å²) in [5.74, 6) is 0.0755. The van der Waals surface area contributed by atoms with Crippen molar-refractivity contribution in [1.29, 1.82) is 0 Å². The van der Waals surface area contributed by atoms with Gasteiger partial charge in [-0.1, -0.05) is 13.8 Å². The third-order valence-corrected chi connectivity index (χ3v) is 4.32. The number of hydrogen-bond acceptors (Lipinski definition) is 3. The van der Waals surface area contributed by atoms with Gasteiger partial charge in [-0.3, -0.25) is 0 Å². The topological polar surface area (TPSA) is 21.3 Å². The molecule has 0 spiro atoms. The molecule has 0 radical (unpaired) electrons. The quantitative estimate of drug-likeness (QED) is 0.754. The van der Waals surface area contributed by atoms with Gasteiger partial charge in [-0.05, 0) is 37.4 Å². The van der Waals surface area contributed by atoms with Gasteiger partial charge in [0.25, 0.3) is 0 Å². The minimum atomic E-state index is -4.12. The molecule has 0 aliphatic carbocycles. The van der Waals surface area contributed by atoms with Crippen LogP contribution in [0.15, 0.2) is 0 Å². The Balaban J connectivity index is 2.26. The molecule has 1 rings (SSSR count). The third-order valence-electron chi connectivity index (χ3n) is 3.58. The summed E-state index contributed by atoms with van der Waals surface area (Å²) in [6.07, 6.45) is 3.70. The molecular weight excluding hydrogens is 263 g/mol. The van der Waals surface area contributed by atoms with Crippen LogP contribution in [0, 0.1) is 0 Å². The van der Waals surface area contributed by atoms with Crippen molar-refractivity contribution in [2.24, 2.45) is 0 Å². The van der Waals surface area contributed by atoms with Crippen LogP contribution in [0.5, 0.6) is 0 Å². The lowest BCUT2D eigenvalue weighted by molar-refractivity contribution is -0.0928. The van der Waals surface area contributed by atoms with Crippen LogP contribution < -0.4 is 5.32 Å². The zero-order valence-electron chi connectivity index (χ0n) is 11.0. The second kappa shape index (κ2) is 7.01. The van der Waals surface area contributed by atoms with E-state index >= 15 is 0 Å². The van der Waals surface area contributed by atoms with Crippen molar-refractivity contribution < 1.29 is 17.9 Å². The summed E-state index contributed by atoms with van der Waals surface area (Å²) in [4.78, 5) is 0. The molecular formula is C12H22F3NOS. The van der Waals surface area contributed by atoms with Gasteiger partial charge in [0, 0.05) is 24.9 Å². The van der Waals surface area contributed by atoms with Crippen LogP contribution in [0.4, 0.5) is 13.2 Å². The lowest BCUT2D eigenvalue weighted by atomic mass is 9.86. The smallest absolute Gasteiger partial charge is 0.375 e. The molecule has 1 fully saturated rings. The second-order valence-electron chi connectivity index (χ2n) is 4.68. The Bertz CT molecular complexity index is 244. The number of ether oxygens (including phenoxy) is 1. The lowest BCUT2D eigenvalue weighted by Crippen LogP contribution is -2.47. The minimum Gasteiger partial charge on any atom is -0.375 e. The maximum atomic E-state index is 12.0. The fourth-order valence-electron chi connectivity index (χ4n) is 2.37. The van der Waals surface area contributed by atoms with E-state index in [1.807, 2.05) is 0 Å². The molecule has 1 atom stereocenters. The highest BCUT2D eigenvalue weighted by Gasteiger charge is 2.34. The van der Waals surface area contributed by atoms with E-state index in [1.54, 1.807) is 0 Å². The van der Waals surface area contributed by atoms with Gasteiger partial charge < -0.3 is 10.1 Å². The molecule has 0 saturated carbocycles. The van der Waals surface area contributed by atoms with E-state index in [0.717, 1.165) is 25.7 Å². The maximum absolute atomic E-state index is 12.0. The molecule has 1 aliphatic rings. The third kappa shape index (κ3) is 5.36. The molecule has 2 nitrogen and oxygen atoms in total. The average molecular weight is 285 g/mol. The predicted molar refractivity (Wildman–Crippen MR) is 68.8 cm³/mol. The van der Waals surface area contributed by atoms with Crippen molar-refractivity contribution in [3.8, 4) is 0 Å². The standard InChI is InChI=1S/C12H22F3NOS/c1-3-11(4-2)9-10(5-7-17-11)16-6-8-18-12(13,14)15/h10,16H,3-9H2,1-2H3. The van der Waals surface area contributed by atoms with Crippen molar-refractivity contribution in [3.63, 3.8) is 0 Å². The van der Waals surface area contributed by atoms with E-state index in [2.05, 4.69) is 19.2 Å². The molecule has 0 aromatic carbocycles. The Labute approximate surface area is 111 Å². The number of rotatable bonds is 6. The van der Waals surface area contributed by atoms with Crippen LogP contribution in [0.25, 0.3) is 0 Å². The van der Waals surface area contributed by atoms with E-state index in [1.165, 1.54) is 0 Å². The summed E-state index contributed by atoms with van der Waals surface area (Å²) in [5, 5.41) is 3.22. The molecule has 0 bridgehead atoms. The van der Waals surface area contributed by atoms with Crippen LogP contribution in [0.2, 0.25) is 0 Å². The van der Waals surface area contributed by atoms with Gasteiger partial charge in [0.15, 0.2) is 0 Å². The van der Waals surface area contributed by atoms with E-state index in [4.69, 9.17) is 4.74 Å².